The Morgan fingerprint density at radius 3 is 2.50 bits per heavy atom. The van der Waals surface area contributed by atoms with E-state index in [1.165, 1.54) is 0 Å². The van der Waals surface area contributed by atoms with Crippen LogP contribution in [-0.2, 0) is 23.1 Å². The van der Waals surface area contributed by atoms with E-state index in [1.807, 2.05) is 13.0 Å². The first-order valence-corrected chi connectivity index (χ1v) is 7.14. The molecule has 0 aliphatic heterocycles. The van der Waals surface area contributed by atoms with Gasteiger partial charge < -0.3 is 5.11 Å². The van der Waals surface area contributed by atoms with Gasteiger partial charge in [-0.05, 0) is 41.4 Å². The van der Waals surface area contributed by atoms with Crippen molar-refractivity contribution in [3.8, 4) is 5.75 Å². The fraction of sp³-hybridized carbons (Fsp3) is 0.562. The van der Waals surface area contributed by atoms with E-state index in [0.29, 0.717) is 12.2 Å². The van der Waals surface area contributed by atoms with E-state index < -0.39 is 0 Å². The summed E-state index contributed by atoms with van der Waals surface area (Å²) in [6.45, 7) is 8.31. The van der Waals surface area contributed by atoms with Gasteiger partial charge in [0.2, 0.25) is 5.91 Å². The molecule has 4 nitrogen and oxygen atoms in total. The lowest BCUT2D eigenvalue weighted by Crippen LogP contribution is -2.29. The summed E-state index contributed by atoms with van der Waals surface area (Å²) in [6.07, 6.45) is 2.78. The molecule has 0 aromatic heterocycles. The second kappa shape index (κ2) is 6.75. The van der Waals surface area contributed by atoms with Crippen molar-refractivity contribution in [1.82, 2.24) is 5.43 Å². The molecule has 0 unspecified atom stereocenters. The minimum Gasteiger partial charge on any atom is -0.507 e. The van der Waals surface area contributed by atoms with E-state index in [2.05, 4.69) is 32.3 Å². The Labute approximate surface area is 121 Å². The molecular formula is C16H26N2O2. The van der Waals surface area contributed by atoms with Crippen molar-refractivity contribution >= 4 is 5.91 Å². The van der Waals surface area contributed by atoms with Gasteiger partial charge in [-0.25, -0.2) is 5.84 Å². The highest BCUT2D eigenvalue weighted by atomic mass is 16.3. The molecule has 1 aromatic rings. The normalized spacial score (nSPS) is 11.4. The SMILES string of the molecule is CCc1cc(CCCC(=O)NN)cc(C(C)(C)C)c1O. The van der Waals surface area contributed by atoms with E-state index in [-0.39, 0.29) is 11.3 Å². The van der Waals surface area contributed by atoms with E-state index in [0.717, 1.165) is 36.0 Å². The minimum absolute atomic E-state index is 0.0986. The average molecular weight is 278 g/mol. The van der Waals surface area contributed by atoms with Gasteiger partial charge in [-0.2, -0.15) is 0 Å². The Morgan fingerprint density at radius 2 is 2.00 bits per heavy atom. The van der Waals surface area contributed by atoms with Crippen molar-refractivity contribution in [1.29, 1.82) is 0 Å². The molecule has 0 aliphatic rings. The second-order valence-electron chi connectivity index (χ2n) is 6.18. The topological polar surface area (TPSA) is 75.4 Å². The molecule has 0 saturated carbocycles. The number of phenolic OH excluding ortho intramolecular Hbond substituents is 1. The third kappa shape index (κ3) is 4.23. The molecule has 1 rings (SSSR count). The predicted molar refractivity (Wildman–Crippen MR) is 81.5 cm³/mol. The standard InChI is InChI=1S/C16H26N2O2/c1-5-12-9-11(7-6-8-14(19)18-17)10-13(15(12)20)16(2,3)4/h9-10,20H,5-8,17H2,1-4H3,(H,18,19). The van der Waals surface area contributed by atoms with Crippen LogP contribution < -0.4 is 11.3 Å². The Kier molecular flexibility index (Phi) is 5.57. The number of phenols is 1. The van der Waals surface area contributed by atoms with Crippen molar-refractivity contribution in [2.75, 3.05) is 0 Å². The van der Waals surface area contributed by atoms with Crippen LogP contribution >= 0.6 is 0 Å². The molecule has 0 radical (unpaired) electrons. The molecule has 4 heteroatoms. The quantitative estimate of drug-likeness (QED) is 0.440. The molecule has 0 saturated heterocycles. The van der Waals surface area contributed by atoms with Crippen LogP contribution in [-0.4, -0.2) is 11.0 Å². The number of rotatable bonds is 5. The van der Waals surface area contributed by atoms with E-state index in [9.17, 15) is 9.90 Å². The molecule has 1 amide bonds. The number of amides is 1. The smallest absolute Gasteiger partial charge is 0.233 e. The molecule has 0 bridgehead atoms. The minimum atomic E-state index is -0.143. The van der Waals surface area contributed by atoms with Gasteiger partial charge in [0, 0.05) is 6.42 Å². The first-order chi connectivity index (χ1) is 9.29. The summed E-state index contributed by atoms with van der Waals surface area (Å²) < 4.78 is 0. The van der Waals surface area contributed by atoms with Crippen molar-refractivity contribution < 1.29 is 9.90 Å². The summed E-state index contributed by atoms with van der Waals surface area (Å²) in [5.74, 6) is 5.33. The molecule has 112 valence electrons. The summed E-state index contributed by atoms with van der Waals surface area (Å²) in [6, 6.07) is 4.08. The highest BCUT2D eigenvalue weighted by Crippen LogP contribution is 2.35. The van der Waals surface area contributed by atoms with Gasteiger partial charge in [0.25, 0.3) is 0 Å². The summed E-state index contributed by atoms with van der Waals surface area (Å²) in [5.41, 5.74) is 5.14. The van der Waals surface area contributed by atoms with E-state index in [4.69, 9.17) is 5.84 Å². The fourth-order valence-electron chi connectivity index (χ4n) is 2.27. The van der Waals surface area contributed by atoms with Crippen LogP contribution in [0.2, 0.25) is 0 Å². The molecule has 20 heavy (non-hydrogen) atoms. The van der Waals surface area contributed by atoms with E-state index in [1.54, 1.807) is 0 Å². The highest BCUT2D eigenvalue weighted by molar-refractivity contribution is 5.75. The second-order valence-corrected chi connectivity index (χ2v) is 6.18. The summed E-state index contributed by atoms with van der Waals surface area (Å²) in [5, 5.41) is 10.3. The van der Waals surface area contributed by atoms with E-state index >= 15 is 0 Å². The van der Waals surface area contributed by atoms with Crippen molar-refractivity contribution in [2.45, 2.75) is 58.8 Å². The molecule has 0 atom stereocenters. The van der Waals surface area contributed by atoms with Gasteiger partial charge in [-0.1, -0.05) is 39.8 Å². The van der Waals surface area contributed by atoms with Crippen LogP contribution in [0.3, 0.4) is 0 Å². The Hall–Kier alpha value is -1.55. The Balaban J connectivity index is 2.95. The van der Waals surface area contributed by atoms with Crippen LogP contribution in [0.4, 0.5) is 0 Å². The Morgan fingerprint density at radius 1 is 1.35 bits per heavy atom. The molecule has 0 fully saturated rings. The first-order valence-electron chi connectivity index (χ1n) is 7.14. The zero-order valence-corrected chi connectivity index (χ0v) is 12.9. The number of nitrogens with two attached hydrogens (primary N) is 1. The number of nitrogens with one attached hydrogen (secondary N) is 1. The number of hydrogen-bond donors (Lipinski definition) is 3. The van der Waals surface area contributed by atoms with Crippen molar-refractivity contribution in [3.05, 3.63) is 28.8 Å². The monoisotopic (exact) mass is 278 g/mol. The van der Waals surface area contributed by atoms with Gasteiger partial charge in [-0.3, -0.25) is 10.2 Å². The zero-order chi connectivity index (χ0) is 15.3. The number of carbonyl (C=O) groups is 1. The third-order valence-electron chi connectivity index (χ3n) is 3.47. The third-order valence-corrected chi connectivity index (χ3v) is 3.47. The number of hydrogen-bond acceptors (Lipinski definition) is 3. The molecule has 4 N–H and O–H groups in total. The lowest BCUT2D eigenvalue weighted by Gasteiger charge is -2.23. The lowest BCUT2D eigenvalue weighted by atomic mass is 9.83. The number of aromatic hydroxyl groups is 1. The maximum Gasteiger partial charge on any atom is 0.233 e. The van der Waals surface area contributed by atoms with Gasteiger partial charge in [0.15, 0.2) is 0 Å². The largest absolute Gasteiger partial charge is 0.507 e. The predicted octanol–water partition coefficient (Wildman–Crippen LogP) is 2.56. The van der Waals surface area contributed by atoms with Crippen LogP contribution in [0.1, 0.15) is 57.2 Å². The van der Waals surface area contributed by atoms with Crippen molar-refractivity contribution in [3.63, 3.8) is 0 Å². The summed E-state index contributed by atoms with van der Waals surface area (Å²) in [4.78, 5) is 11.1. The van der Waals surface area contributed by atoms with Crippen LogP contribution in [0.15, 0.2) is 12.1 Å². The van der Waals surface area contributed by atoms with Gasteiger partial charge >= 0.3 is 0 Å². The van der Waals surface area contributed by atoms with Gasteiger partial charge in [0.1, 0.15) is 5.75 Å². The van der Waals surface area contributed by atoms with Crippen LogP contribution in [0.25, 0.3) is 0 Å². The average Bonchev–Trinajstić information content (AvgIpc) is 2.38. The molecular weight excluding hydrogens is 252 g/mol. The summed E-state index contributed by atoms with van der Waals surface area (Å²) >= 11 is 0. The number of aryl methyl sites for hydroxylation is 2. The number of benzene rings is 1. The zero-order valence-electron chi connectivity index (χ0n) is 12.9. The van der Waals surface area contributed by atoms with Gasteiger partial charge in [-0.15, -0.1) is 0 Å². The van der Waals surface area contributed by atoms with Gasteiger partial charge in [0.05, 0.1) is 0 Å². The van der Waals surface area contributed by atoms with Crippen LogP contribution in [0, 0.1) is 0 Å². The highest BCUT2D eigenvalue weighted by Gasteiger charge is 2.20. The molecule has 0 aliphatic carbocycles. The first kappa shape index (κ1) is 16.5. The molecule has 0 spiro atoms. The molecule has 1 aromatic carbocycles. The fourth-order valence-corrected chi connectivity index (χ4v) is 2.27. The summed E-state index contributed by atoms with van der Waals surface area (Å²) in [7, 11) is 0. The van der Waals surface area contributed by atoms with Crippen molar-refractivity contribution in [2.24, 2.45) is 5.84 Å². The maximum absolute atomic E-state index is 11.1. The van der Waals surface area contributed by atoms with Crippen LogP contribution in [0.5, 0.6) is 5.75 Å². The Bertz CT molecular complexity index is 476. The molecule has 0 heterocycles. The maximum atomic E-state index is 11.1. The lowest BCUT2D eigenvalue weighted by molar-refractivity contribution is -0.121. The number of carbonyl (C=O) groups excluding carboxylic acids is 1. The number of hydrazine groups is 1.